The van der Waals surface area contributed by atoms with Gasteiger partial charge >= 0.3 is 0 Å². The minimum absolute atomic E-state index is 0.863. The Kier molecular flexibility index (Phi) is 11.0. The Morgan fingerprint density at radius 2 is 1.19 bits per heavy atom. The maximum absolute atomic E-state index is 5.78. The van der Waals surface area contributed by atoms with E-state index in [2.05, 4.69) is 38.1 Å². The summed E-state index contributed by atoms with van der Waals surface area (Å²) in [7, 11) is 0. The highest BCUT2D eigenvalue weighted by Gasteiger charge is 1.95. The van der Waals surface area contributed by atoms with Gasteiger partial charge in [-0.25, -0.2) is 0 Å². The van der Waals surface area contributed by atoms with Crippen LogP contribution in [0.5, 0.6) is 5.75 Å². The zero-order valence-corrected chi connectivity index (χ0v) is 14.2. The summed E-state index contributed by atoms with van der Waals surface area (Å²) in [5, 5.41) is 0. The van der Waals surface area contributed by atoms with Gasteiger partial charge in [-0.2, -0.15) is 0 Å². The van der Waals surface area contributed by atoms with Crippen molar-refractivity contribution in [1.82, 2.24) is 0 Å². The lowest BCUT2D eigenvalue weighted by Gasteiger charge is -2.07. The molecule has 0 saturated heterocycles. The molecule has 0 spiro atoms. The Balaban J connectivity index is 1.88. The molecular weight excluding hydrogens is 256 g/mol. The maximum Gasteiger partial charge on any atom is 0.119 e. The van der Waals surface area contributed by atoms with Crippen molar-refractivity contribution in [2.75, 3.05) is 6.61 Å². The van der Waals surface area contributed by atoms with E-state index in [1.54, 1.807) is 0 Å². The summed E-state index contributed by atoms with van der Waals surface area (Å²) >= 11 is 0. The average Bonchev–Trinajstić information content (AvgIpc) is 2.53. The highest BCUT2D eigenvalue weighted by molar-refractivity contribution is 5.27. The zero-order chi connectivity index (χ0) is 15.2. The van der Waals surface area contributed by atoms with E-state index in [4.69, 9.17) is 4.74 Å². The van der Waals surface area contributed by atoms with Gasteiger partial charge in [0.15, 0.2) is 0 Å². The smallest absolute Gasteiger partial charge is 0.119 e. The minimum atomic E-state index is 0.863. The Labute approximate surface area is 132 Å². The Morgan fingerprint density at radius 3 is 1.71 bits per heavy atom. The predicted octanol–water partition coefficient (Wildman–Crippen LogP) is 6.55. The Hall–Kier alpha value is -0.980. The zero-order valence-electron chi connectivity index (χ0n) is 14.2. The lowest BCUT2D eigenvalue weighted by atomic mass is 10.1. The monoisotopic (exact) mass is 290 g/mol. The van der Waals surface area contributed by atoms with Crippen LogP contribution in [0.25, 0.3) is 0 Å². The topological polar surface area (TPSA) is 9.23 Å². The van der Waals surface area contributed by atoms with Crippen LogP contribution in [0.4, 0.5) is 0 Å². The summed E-state index contributed by atoms with van der Waals surface area (Å²) in [6, 6.07) is 8.51. The van der Waals surface area contributed by atoms with Crippen molar-refractivity contribution in [2.24, 2.45) is 0 Å². The lowest BCUT2D eigenvalue weighted by Crippen LogP contribution is -1.97. The van der Waals surface area contributed by atoms with E-state index in [-0.39, 0.29) is 0 Å². The highest BCUT2D eigenvalue weighted by Crippen LogP contribution is 2.14. The van der Waals surface area contributed by atoms with Crippen LogP contribution < -0.4 is 4.74 Å². The first-order chi connectivity index (χ1) is 10.4. The molecule has 1 nitrogen and oxygen atoms in total. The summed E-state index contributed by atoms with van der Waals surface area (Å²) in [6.07, 6.45) is 14.8. The van der Waals surface area contributed by atoms with Crippen molar-refractivity contribution >= 4 is 0 Å². The Morgan fingerprint density at radius 1 is 0.667 bits per heavy atom. The third-order valence-electron chi connectivity index (χ3n) is 4.10. The number of ether oxygens (including phenoxy) is 1. The molecule has 0 aliphatic carbocycles. The van der Waals surface area contributed by atoms with Crippen molar-refractivity contribution in [3.05, 3.63) is 29.8 Å². The second-order valence-corrected chi connectivity index (χ2v) is 6.03. The molecule has 1 aromatic carbocycles. The van der Waals surface area contributed by atoms with Gasteiger partial charge in [-0.1, -0.05) is 83.8 Å². The third kappa shape index (κ3) is 9.55. The van der Waals surface area contributed by atoms with Gasteiger partial charge in [0, 0.05) is 0 Å². The summed E-state index contributed by atoms with van der Waals surface area (Å²) in [6.45, 7) is 5.32. The number of hydrogen-bond acceptors (Lipinski definition) is 1. The second kappa shape index (κ2) is 12.7. The normalized spacial score (nSPS) is 10.8. The first-order valence-corrected chi connectivity index (χ1v) is 9.08. The molecule has 0 saturated carbocycles. The number of hydrogen-bond donors (Lipinski definition) is 0. The SMILES string of the molecule is CCCCCCCCCCCCOc1ccc(CC)cc1. The van der Waals surface area contributed by atoms with Crippen LogP contribution in [0.1, 0.15) is 83.6 Å². The van der Waals surface area contributed by atoms with Crippen LogP contribution in [0, 0.1) is 0 Å². The van der Waals surface area contributed by atoms with Crippen LogP contribution in [0.2, 0.25) is 0 Å². The standard InChI is InChI=1S/C20H34O/c1-3-5-6-7-8-9-10-11-12-13-18-21-20-16-14-19(4-2)15-17-20/h14-17H,3-13,18H2,1-2H3. The van der Waals surface area contributed by atoms with Gasteiger partial charge in [0.1, 0.15) is 5.75 Å². The van der Waals surface area contributed by atoms with E-state index >= 15 is 0 Å². The van der Waals surface area contributed by atoms with Gasteiger partial charge in [0.05, 0.1) is 6.61 Å². The molecule has 0 heterocycles. The molecule has 0 aromatic heterocycles. The van der Waals surface area contributed by atoms with Gasteiger partial charge in [-0.3, -0.25) is 0 Å². The van der Waals surface area contributed by atoms with E-state index < -0.39 is 0 Å². The van der Waals surface area contributed by atoms with E-state index in [9.17, 15) is 0 Å². The minimum Gasteiger partial charge on any atom is -0.494 e. The van der Waals surface area contributed by atoms with Gasteiger partial charge in [-0.05, 0) is 30.5 Å². The summed E-state index contributed by atoms with van der Waals surface area (Å²) in [5.74, 6) is 1.02. The van der Waals surface area contributed by atoms with Crippen LogP contribution in [-0.4, -0.2) is 6.61 Å². The van der Waals surface area contributed by atoms with Crippen molar-refractivity contribution in [1.29, 1.82) is 0 Å². The van der Waals surface area contributed by atoms with Crippen LogP contribution in [0.3, 0.4) is 0 Å². The van der Waals surface area contributed by atoms with E-state index in [0.717, 1.165) is 18.8 Å². The molecular formula is C20H34O. The van der Waals surface area contributed by atoms with Gasteiger partial charge in [-0.15, -0.1) is 0 Å². The third-order valence-corrected chi connectivity index (χ3v) is 4.10. The fourth-order valence-corrected chi connectivity index (χ4v) is 2.60. The Bertz CT molecular complexity index is 328. The highest BCUT2D eigenvalue weighted by atomic mass is 16.5. The van der Waals surface area contributed by atoms with E-state index in [0.29, 0.717) is 0 Å². The van der Waals surface area contributed by atoms with Crippen LogP contribution in [-0.2, 0) is 6.42 Å². The molecule has 120 valence electrons. The molecule has 0 aliphatic heterocycles. The molecule has 0 bridgehead atoms. The second-order valence-electron chi connectivity index (χ2n) is 6.03. The number of rotatable bonds is 13. The predicted molar refractivity (Wildman–Crippen MR) is 93.2 cm³/mol. The number of unbranched alkanes of at least 4 members (excludes halogenated alkanes) is 9. The van der Waals surface area contributed by atoms with Crippen LogP contribution in [0.15, 0.2) is 24.3 Å². The number of aryl methyl sites for hydroxylation is 1. The molecule has 0 aliphatic rings. The van der Waals surface area contributed by atoms with E-state index in [1.807, 2.05) is 0 Å². The maximum atomic E-state index is 5.78. The summed E-state index contributed by atoms with van der Waals surface area (Å²) < 4.78 is 5.78. The molecule has 0 unspecified atom stereocenters. The molecule has 0 amide bonds. The quantitative estimate of drug-likeness (QED) is 0.374. The van der Waals surface area contributed by atoms with Crippen molar-refractivity contribution < 1.29 is 4.74 Å². The van der Waals surface area contributed by atoms with Crippen molar-refractivity contribution in [2.45, 2.75) is 84.5 Å². The first-order valence-electron chi connectivity index (χ1n) is 9.08. The van der Waals surface area contributed by atoms with Gasteiger partial charge in [0.25, 0.3) is 0 Å². The molecule has 21 heavy (non-hydrogen) atoms. The average molecular weight is 290 g/mol. The molecule has 1 rings (SSSR count). The largest absolute Gasteiger partial charge is 0.494 e. The molecule has 0 atom stereocenters. The molecule has 0 radical (unpaired) electrons. The fourth-order valence-electron chi connectivity index (χ4n) is 2.60. The van der Waals surface area contributed by atoms with Crippen molar-refractivity contribution in [3.63, 3.8) is 0 Å². The van der Waals surface area contributed by atoms with Crippen LogP contribution >= 0.6 is 0 Å². The molecule has 1 heteroatoms. The fraction of sp³-hybridized carbons (Fsp3) is 0.700. The summed E-state index contributed by atoms with van der Waals surface area (Å²) in [5.41, 5.74) is 1.38. The van der Waals surface area contributed by atoms with Gasteiger partial charge in [0.2, 0.25) is 0 Å². The molecule has 0 N–H and O–H groups in total. The van der Waals surface area contributed by atoms with Crippen molar-refractivity contribution in [3.8, 4) is 5.75 Å². The van der Waals surface area contributed by atoms with Gasteiger partial charge < -0.3 is 4.74 Å². The molecule has 0 fully saturated rings. The summed E-state index contributed by atoms with van der Waals surface area (Å²) in [4.78, 5) is 0. The lowest BCUT2D eigenvalue weighted by molar-refractivity contribution is 0.304. The van der Waals surface area contributed by atoms with E-state index in [1.165, 1.54) is 69.8 Å². The first kappa shape index (κ1) is 18.1. The number of benzene rings is 1. The molecule has 1 aromatic rings.